The summed E-state index contributed by atoms with van der Waals surface area (Å²) in [5.74, 6) is 0.825. The molecule has 0 aliphatic carbocycles. The molecule has 0 aliphatic rings. The van der Waals surface area contributed by atoms with Gasteiger partial charge in [0.25, 0.3) is 0 Å². The van der Waals surface area contributed by atoms with Crippen LogP contribution >= 0.6 is 11.3 Å². The smallest absolute Gasteiger partial charge is 0.166 e. The lowest BCUT2D eigenvalue weighted by molar-refractivity contribution is 1.08. The molecule has 0 amide bonds. The monoisotopic (exact) mass is 292 g/mol. The highest BCUT2D eigenvalue weighted by molar-refractivity contribution is 7.14. The third kappa shape index (κ3) is 2.02. The average Bonchev–Trinajstić information content (AvgIpc) is 3.11. The van der Waals surface area contributed by atoms with Crippen LogP contribution in [-0.4, -0.2) is 19.5 Å². The Morgan fingerprint density at radius 3 is 2.62 bits per heavy atom. The van der Waals surface area contributed by atoms with Crippen LogP contribution in [0.25, 0.3) is 27.7 Å². The van der Waals surface area contributed by atoms with Crippen LogP contribution in [0.15, 0.2) is 54.9 Å². The fourth-order valence-corrected chi connectivity index (χ4v) is 3.20. The Bertz CT molecular complexity index is 908. The third-order valence-electron chi connectivity index (χ3n) is 3.26. The maximum Gasteiger partial charge on any atom is 0.166 e. The summed E-state index contributed by atoms with van der Waals surface area (Å²) in [5.41, 5.74) is 2.59. The van der Waals surface area contributed by atoms with Crippen molar-refractivity contribution in [1.29, 1.82) is 0 Å². The molecule has 0 saturated carbocycles. The second-order valence-electron chi connectivity index (χ2n) is 4.72. The molecule has 0 saturated heterocycles. The molecule has 5 heteroatoms. The minimum absolute atomic E-state index is 0.825. The number of rotatable bonds is 2. The Kier molecular flexibility index (Phi) is 2.79. The van der Waals surface area contributed by atoms with Crippen molar-refractivity contribution in [3.63, 3.8) is 0 Å². The molecular formula is C16H12N4S. The van der Waals surface area contributed by atoms with Crippen molar-refractivity contribution in [2.24, 2.45) is 0 Å². The van der Waals surface area contributed by atoms with E-state index in [1.807, 2.05) is 30.3 Å². The van der Waals surface area contributed by atoms with Gasteiger partial charge in [-0.15, -0.1) is 11.3 Å². The molecule has 0 spiro atoms. The number of aromatic nitrogens is 4. The Hall–Kier alpha value is -2.53. The molecule has 4 heterocycles. The number of hydrogen-bond donors (Lipinski definition) is 0. The summed E-state index contributed by atoms with van der Waals surface area (Å²) in [6.07, 6.45) is 3.58. The van der Waals surface area contributed by atoms with Gasteiger partial charge >= 0.3 is 0 Å². The van der Waals surface area contributed by atoms with E-state index in [1.54, 1.807) is 23.7 Å². The molecule has 102 valence electrons. The number of fused-ring (bicyclic) bond motifs is 1. The van der Waals surface area contributed by atoms with Crippen LogP contribution in [0.1, 0.15) is 4.88 Å². The highest BCUT2D eigenvalue weighted by Crippen LogP contribution is 2.29. The van der Waals surface area contributed by atoms with E-state index in [9.17, 15) is 0 Å². The first-order valence-corrected chi connectivity index (χ1v) is 7.46. The fourth-order valence-electron chi connectivity index (χ4n) is 2.33. The first-order valence-electron chi connectivity index (χ1n) is 6.64. The van der Waals surface area contributed by atoms with Crippen LogP contribution in [0.3, 0.4) is 0 Å². The van der Waals surface area contributed by atoms with Gasteiger partial charge in [0.05, 0.1) is 0 Å². The lowest BCUT2D eigenvalue weighted by Gasteiger charge is -2.05. The predicted octanol–water partition coefficient (Wildman–Crippen LogP) is 3.85. The van der Waals surface area contributed by atoms with Gasteiger partial charge in [-0.25, -0.2) is 9.97 Å². The summed E-state index contributed by atoms with van der Waals surface area (Å²) in [4.78, 5) is 14.9. The van der Waals surface area contributed by atoms with Gasteiger partial charge in [-0.3, -0.25) is 9.55 Å². The number of pyridine rings is 2. The van der Waals surface area contributed by atoms with Gasteiger partial charge in [-0.2, -0.15) is 0 Å². The summed E-state index contributed by atoms with van der Waals surface area (Å²) in [7, 11) is 0. The number of nitrogens with zero attached hydrogens (tertiary/aromatic N) is 4. The van der Waals surface area contributed by atoms with Gasteiger partial charge in [-0.1, -0.05) is 6.07 Å². The topological polar surface area (TPSA) is 43.6 Å². The largest absolute Gasteiger partial charge is 0.266 e. The number of hydrogen-bond acceptors (Lipinski definition) is 4. The van der Waals surface area contributed by atoms with Crippen LogP contribution in [0.5, 0.6) is 0 Å². The summed E-state index contributed by atoms with van der Waals surface area (Å²) in [5, 5.41) is 1.11. The lowest BCUT2D eigenvalue weighted by Crippen LogP contribution is -1.97. The highest BCUT2D eigenvalue weighted by Gasteiger charge is 2.16. The molecule has 0 unspecified atom stereocenters. The molecule has 4 rings (SSSR count). The van der Waals surface area contributed by atoms with E-state index in [0.717, 1.165) is 27.7 Å². The van der Waals surface area contributed by atoms with Crippen LogP contribution in [0.2, 0.25) is 0 Å². The first kappa shape index (κ1) is 12.2. The molecule has 0 radical (unpaired) electrons. The van der Waals surface area contributed by atoms with Crippen molar-refractivity contribution >= 4 is 22.5 Å². The average molecular weight is 292 g/mol. The molecule has 4 aromatic heterocycles. The maximum absolute atomic E-state index is 4.71. The zero-order chi connectivity index (χ0) is 14.2. The van der Waals surface area contributed by atoms with Crippen molar-refractivity contribution in [3.05, 3.63) is 59.7 Å². The van der Waals surface area contributed by atoms with E-state index in [-0.39, 0.29) is 0 Å². The fraction of sp³-hybridized carbons (Fsp3) is 0.0625. The van der Waals surface area contributed by atoms with Crippen LogP contribution in [-0.2, 0) is 0 Å². The van der Waals surface area contributed by atoms with Crippen molar-refractivity contribution in [3.8, 4) is 16.5 Å². The van der Waals surface area contributed by atoms with Crippen molar-refractivity contribution in [1.82, 2.24) is 19.5 Å². The summed E-state index contributed by atoms with van der Waals surface area (Å²) in [6, 6.07) is 13.9. The quantitative estimate of drug-likeness (QED) is 0.563. The molecule has 4 nitrogen and oxygen atoms in total. The SMILES string of the molecule is Cc1ccc(-n2c(-c3ccccn3)nc3cccnc32)s1. The Morgan fingerprint density at radius 1 is 0.952 bits per heavy atom. The summed E-state index contributed by atoms with van der Waals surface area (Å²) in [6.45, 7) is 2.10. The number of aryl methyl sites for hydroxylation is 1. The predicted molar refractivity (Wildman–Crippen MR) is 84.7 cm³/mol. The van der Waals surface area contributed by atoms with Crippen LogP contribution in [0, 0.1) is 6.92 Å². The van der Waals surface area contributed by atoms with Gasteiger partial charge < -0.3 is 0 Å². The van der Waals surface area contributed by atoms with Gasteiger partial charge in [-0.05, 0) is 43.3 Å². The summed E-state index contributed by atoms with van der Waals surface area (Å²) >= 11 is 1.72. The highest BCUT2D eigenvalue weighted by atomic mass is 32.1. The Balaban J connectivity index is 2.06. The van der Waals surface area contributed by atoms with Crippen LogP contribution < -0.4 is 0 Å². The molecule has 0 fully saturated rings. The Morgan fingerprint density at radius 2 is 1.86 bits per heavy atom. The standard InChI is InChI=1S/C16H12N4S/c1-11-7-8-14(21-11)20-15-13(6-4-10-18-15)19-16(20)12-5-2-3-9-17-12/h2-10H,1H3. The minimum atomic E-state index is 0.825. The van der Waals surface area contributed by atoms with E-state index in [1.165, 1.54) is 4.88 Å². The lowest BCUT2D eigenvalue weighted by atomic mass is 10.3. The van der Waals surface area contributed by atoms with Crippen LogP contribution in [0.4, 0.5) is 0 Å². The van der Waals surface area contributed by atoms with Gasteiger partial charge in [0.15, 0.2) is 11.5 Å². The third-order valence-corrected chi connectivity index (χ3v) is 4.24. The second kappa shape index (κ2) is 4.79. The van der Waals surface area contributed by atoms with E-state index < -0.39 is 0 Å². The molecule has 0 N–H and O–H groups in total. The summed E-state index contributed by atoms with van der Waals surface area (Å²) < 4.78 is 2.08. The van der Waals surface area contributed by atoms with E-state index in [0.29, 0.717) is 0 Å². The minimum Gasteiger partial charge on any atom is -0.266 e. The van der Waals surface area contributed by atoms with Gasteiger partial charge in [0, 0.05) is 17.3 Å². The molecular weight excluding hydrogens is 280 g/mol. The van der Waals surface area contributed by atoms with E-state index in [2.05, 4.69) is 33.6 Å². The molecule has 0 bridgehead atoms. The molecule has 0 aliphatic heterocycles. The molecule has 21 heavy (non-hydrogen) atoms. The van der Waals surface area contributed by atoms with E-state index >= 15 is 0 Å². The number of thiophene rings is 1. The first-order chi connectivity index (χ1) is 10.3. The van der Waals surface area contributed by atoms with Gasteiger partial charge in [0.1, 0.15) is 16.2 Å². The number of imidazole rings is 1. The zero-order valence-electron chi connectivity index (χ0n) is 11.4. The molecule has 0 aromatic carbocycles. The second-order valence-corrected chi connectivity index (χ2v) is 5.98. The Labute approximate surface area is 125 Å². The molecule has 4 aromatic rings. The van der Waals surface area contributed by atoms with Crippen molar-refractivity contribution in [2.75, 3.05) is 0 Å². The van der Waals surface area contributed by atoms with E-state index in [4.69, 9.17) is 4.98 Å². The normalized spacial score (nSPS) is 11.1. The van der Waals surface area contributed by atoms with Crippen molar-refractivity contribution < 1.29 is 0 Å². The molecule has 0 atom stereocenters. The zero-order valence-corrected chi connectivity index (χ0v) is 12.2. The maximum atomic E-state index is 4.71. The van der Waals surface area contributed by atoms with Crippen molar-refractivity contribution in [2.45, 2.75) is 6.92 Å². The van der Waals surface area contributed by atoms with Gasteiger partial charge in [0.2, 0.25) is 0 Å².